The first-order valence-electron chi connectivity index (χ1n) is 6.42. The fourth-order valence-electron chi connectivity index (χ4n) is 2.53. The highest BCUT2D eigenvalue weighted by Gasteiger charge is 2.27. The van der Waals surface area contributed by atoms with Crippen molar-refractivity contribution in [2.24, 2.45) is 0 Å². The Labute approximate surface area is 102 Å². The second-order valence-corrected chi connectivity index (χ2v) is 5.65. The lowest BCUT2D eigenvalue weighted by atomic mass is 10.3. The van der Waals surface area contributed by atoms with Crippen LogP contribution in [0.5, 0.6) is 0 Å². The van der Waals surface area contributed by atoms with Gasteiger partial charge in [-0.3, -0.25) is 4.90 Å². The number of alkyl halides is 1. The predicted molar refractivity (Wildman–Crippen MR) is 68.7 cm³/mol. The van der Waals surface area contributed by atoms with Crippen molar-refractivity contribution in [2.45, 2.75) is 38.1 Å². The molecule has 15 heavy (non-hydrogen) atoms. The van der Waals surface area contributed by atoms with E-state index < -0.39 is 0 Å². The Morgan fingerprint density at radius 3 is 2.47 bits per heavy atom. The molecule has 0 N–H and O–H groups in total. The third-order valence-corrected chi connectivity index (χ3v) is 3.91. The second kappa shape index (κ2) is 6.21. The van der Waals surface area contributed by atoms with Crippen molar-refractivity contribution < 1.29 is 0 Å². The van der Waals surface area contributed by atoms with Crippen LogP contribution in [-0.2, 0) is 0 Å². The largest absolute Gasteiger partial charge is 0.303 e. The lowest BCUT2D eigenvalue weighted by Gasteiger charge is -2.22. The second-order valence-electron chi connectivity index (χ2n) is 4.86. The van der Waals surface area contributed by atoms with E-state index in [1.165, 1.54) is 64.8 Å². The summed E-state index contributed by atoms with van der Waals surface area (Å²) in [6.07, 6.45) is 7.10. The highest BCUT2D eigenvalue weighted by Crippen LogP contribution is 2.26. The first kappa shape index (κ1) is 11.9. The van der Waals surface area contributed by atoms with Crippen molar-refractivity contribution in [3.05, 3.63) is 0 Å². The van der Waals surface area contributed by atoms with Crippen LogP contribution in [0.15, 0.2) is 0 Å². The molecule has 2 fully saturated rings. The molecule has 0 radical (unpaired) electrons. The SMILES string of the molecule is BrCCN(CCCN1CCCC1)C1CC1. The lowest BCUT2D eigenvalue weighted by molar-refractivity contribution is 0.249. The molecule has 1 saturated carbocycles. The minimum Gasteiger partial charge on any atom is -0.303 e. The van der Waals surface area contributed by atoms with Gasteiger partial charge in [0.05, 0.1) is 0 Å². The first-order valence-corrected chi connectivity index (χ1v) is 7.54. The minimum absolute atomic E-state index is 0.932. The van der Waals surface area contributed by atoms with Gasteiger partial charge in [-0.2, -0.15) is 0 Å². The van der Waals surface area contributed by atoms with Gasteiger partial charge in [-0.15, -0.1) is 0 Å². The number of halogens is 1. The molecule has 1 aliphatic carbocycles. The summed E-state index contributed by atoms with van der Waals surface area (Å²) in [6.45, 7) is 6.58. The molecule has 0 bridgehead atoms. The monoisotopic (exact) mass is 274 g/mol. The predicted octanol–water partition coefficient (Wildman–Crippen LogP) is 2.33. The molecular formula is C12H23BrN2. The van der Waals surface area contributed by atoms with Crippen molar-refractivity contribution in [1.82, 2.24) is 9.80 Å². The van der Waals surface area contributed by atoms with Crippen LogP contribution in [0.1, 0.15) is 32.1 Å². The topological polar surface area (TPSA) is 6.48 Å². The zero-order valence-electron chi connectivity index (χ0n) is 9.63. The Morgan fingerprint density at radius 1 is 1.13 bits per heavy atom. The summed E-state index contributed by atoms with van der Waals surface area (Å²) < 4.78 is 0. The van der Waals surface area contributed by atoms with Gasteiger partial charge in [0, 0.05) is 17.9 Å². The van der Waals surface area contributed by atoms with Gasteiger partial charge < -0.3 is 4.90 Å². The van der Waals surface area contributed by atoms with Gasteiger partial charge >= 0.3 is 0 Å². The van der Waals surface area contributed by atoms with E-state index in [1.807, 2.05) is 0 Å². The average molecular weight is 275 g/mol. The number of rotatable bonds is 7. The Balaban J connectivity index is 1.57. The molecule has 2 nitrogen and oxygen atoms in total. The van der Waals surface area contributed by atoms with Gasteiger partial charge in [0.1, 0.15) is 0 Å². The van der Waals surface area contributed by atoms with E-state index in [0.29, 0.717) is 0 Å². The maximum Gasteiger partial charge on any atom is 0.0159 e. The molecule has 88 valence electrons. The van der Waals surface area contributed by atoms with Crippen LogP contribution in [0.3, 0.4) is 0 Å². The minimum atomic E-state index is 0.932. The maximum atomic E-state index is 3.55. The molecule has 0 atom stereocenters. The number of hydrogen-bond acceptors (Lipinski definition) is 2. The molecule has 1 saturated heterocycles. The van der Waals surface area contributed by atoms with E-state index in [9.17, 15) is 0 Å². The molecule has 0 amide bonds. The summed E-state index contributed by atoms with van der Waals surface area (Å²) >= 11 is 3.55. The molecule has 3 heteroatoms. The van der Waals surface area contributed by atoms with Crippen LogP contribution >= 0.6 is 15.9 Å². The molecule has 0 aromatic heterocycles. The third-order valence-electron chi connectivity index (χ3n) is 3.55. The number of hydrogen-bond donors (Lipinski definition) is 0. The summed E-state index contributed by atoms with van der Waals surface area (Å²) in [5.74, 6) is 0. The van der Waals surface area contributed by atoms with Gasteiger partial charge in [-0.05, 0) is 58.3 Å². The van der Waals surface area contributed by atoms with Crippen molar-refractivity contribution in [3.8, 4) is 0 Å². The molecular weight excluding hydrogens is 252 g/mol. The molecule has 1 aliphatic heterocycles. The van der Waals surface area contributed by atoms with E-state index in [2.05, 4.69) is 25.7 Å². The van der Waals surface area contributed by atoms with E-state index in [0.717, 1.165) is 11.4 Å². The number of likely N-dealkylation sites (tertiary alicyclic amines) is 1. The van der Waals surface area contributed by atoms with Crippen molar-refractivity contribution in [2.75, 3.05) is 38.1 Å². The quantitative estimate of drug-likeness (QED) is 0.658. The van der Waals surface area contributed by atoms with Crippen LogP contribution in [-0.4, -0.2) is 53.9 Å². The summed E-state index contributed by atoms with van der Waals surface area (Å²) in [4.78, 5) is 5.30. The highest BCUT2D eigenvalue weighted by molar-refractivity contribution is 9.09. The van der Waals surface area contributed by atoms with Gasteiger partial charge in [-0.1, -0.05) is 15.9 Å². The Hall–Kier alpha value is 0.400. The van der Waals surface area contributed by atoms with Crippen LogP contribution in [0.25, 0.3) is 0 Å². The van der Waals surface area contributed by atoms with Crippen molar-refractivity contribution >= 4 is 15.9 Å². The normalized spacial score (nSPS) is 22.8. The Bertz CT molecular complexity index is 176. The standard InChI is InChI=1S/C12H23BrN2/c13-6-11-15(12-4-5-12)10-3-9-14-7-1-2-8-14/h12H,1-11H2. The lowest BCUT2D eigenvalue weighted by Crippen LogP contribution is -2.31. The van der Waals surface area contributed by atoms with Crippen LogP contribution in [0.4, 0.5) is 0 Å². The third kappa shape index (κ3) is 4.04. The maximum absolute atomic E-state index is 3.55. The zero-order chi connectivity index (χ0) is 10.5. The molecule has 2 aliphatic rings. The first-order chi connectivity index (χ1) is 7.40. The summed E-state index contributed by atoms with van der Waals surface area (Å²) in [5.41, 5.74) is 0. The fourth-order valence-corrected chi connectivity index (χ4v) is 2.98. The van der Waals surface area contributed by atoms with Crippen molar-refractivity contribution in [1.29, 1.82) is 0 Å². The van der Waals surface area contributed by atoms with Gasteiger partial charge in [0.2, 0.25) is 0 Å². The summed E-state index contributed by atoms with van der Waals surface area (Å²) in [5, 5.41) is 1.13. The Morgan fingerprint density at radius 2 is 1.87 bits per heavy atom. The van der Waals surface area contributed by atoms with Gasteiger partial charge in [0.15, 0.2) is 0 Å². The number of nitrogens with zero attached hydrogens (tertiary/aromatic N) is 2. The van der Waals surface area contributed by atoms with Crippen LogP contribution in [0, 0.1) is 0 Å². The van der Waals surface area contributed by atoms with E-state index >= 15 is 0 Å². The van der Waals surface area contributed by atoms with E-state index in [1.54, 1.807) is 0 Å². The fraction of sp³-hybridized carbons (Fsp3) is 1.00. The van der Waals surface area contributed by atoms with Gasteiger partial charge in [0.25, 0.3) is 0 Å². The van der Waals surface area contributed by atoms with E-state index in [4.69, 9.17) is 0 Å². The summed E-state index contributed by atoms with van der Waals surface area (Å²) in [7, 11) is 0. The Kier molecular flexibility index (Phi) is 4.92. The average Bonchev–Trinajstić information content (AvgIpc) is 2.96. The molecule has 0 unspecified atom stereocenters. The highest BCUT2D eigenvalue weighted by atomic mass is 79.9. The molecule has 2 rings (SSSR count). The molecule has 0 aromatic carbocycles. The van der Waals surface area contributed by atoms with Crippen molar-refractivity contribution in [3.63, 3.8) is 0 Å². The van der Waals surface area contributed by atoms with Gasteiger partial charge in [-0.25, -0.2) is 0 Å². The smallest absolute Gasteiger partial charge is 0.0159 e. The van der Waals surface area contributed by atoms with E-state index in [-0.39, 0.29) is 0 Å². The summed E-state index contributed by atoms with van der Waals surface area (Å²) in [6, 6.07) is 0.932. The molecule has 1 heterocycles. The van der Waals surface area contributed by atoms with Crippen LogP contribution in [0.2, 0.25) is 0 Å². The van der Waals surface area contributed by atoms with Crippen LogP contribution < -0.4 is 0 Å². The molecule has 0 aromatic rings. The molecule has 0 spiro atoms. The zero-order valence-corrected chi connectivity index (χ0v) is 11.2.